The standard InChI is InChI=1S/C21H27NO5/c1-22-8-7-14-11-18(25-2)17(23)12-15(14)16(22)6-5-13-9-19(26-3)21(24)20(10-13)27-4/h9-12,16,23-24H,5-8H2,1-4H3/t16-/m1/s1. The highest BCUT2D eigenvalue weighted by Gasteiger charge is 2.26. The predicted octanol–water partition coefficient (Wildman–Crippen LogP) is 3.29. The van der Waals surface area contributed by atoms with E-state index in [9.17, 15) is 10.2 Å². The lowest BCUT2D eigenvalue weighted by Crippen LogP contribution is -2.32. The maximum atomic E-state index is 10.2. The van der Waals surface area contributed by atoms with E-state index in [1.807, 2.05) is 24.3 Å². The number of ether oxygens (including phenoxy) is 3. The van der Waals surface area contributed by atoms with E-state index in [-0.39, 0.29) is 17.5 Å². The second-order valence-corrected chi connectivity index (χ2v) is 6.86. The van der Waals surface area contributed by atoms with Gasteiger partial charge in [0.25, 0.3) is 0 Å². The molecular weight excluding hydrogens is 346 g/mol. The molecule has 0 aliphatic carbocycles. The monoisotopic (exact) mass is 373 g/mol. The highest BCUT2D eigenvalue weighted by atomic mass is 16.5. The van der Waals surface area contributed by atoms with Crippen LogP contribution in [0.15, 0.2) is 24.3 Å². The van der Waals surface area contributed by atoms with Gasteiger partial charge >= 0.3 is 0 Å². The molecule has 0 bridgehead atoms. The van der Waals surface area contributed by atoms with E-state index in [1.54, 1.807) is 7.11 Å². The Labute approximate surface area is 159 Å². The van der Waals surface area contributed by atoms with Crippen molar-refractivity contribution in [2.45, 2.75) is 25.3 Å². The average Bonchev–Trinajstić information content (AvgIpc) is 2.67. The van der Waals surface area contributed by atoms with Crippen molar-refractivity contribution >= 4 is 0 Å². The van der Waals surface area contributed by atoms with Crippen LogP contribution < -0.4 is 14.2 Å². The largest absolute Gasteiger partial charge is 0.504 e. The Bertz CT molecular complexity index is 795. The Morgan fingerprint density at radius 2 is 1.59 bits per heavy atom. The van der Waals surface area contributed by atoms with E-state index < -0.39 is 0 Å². The van der Waals surface area contributed by atoms with Crippen molar-refractivity contribution in [3.63, 3.8) is 0 Å². The van der Waals surface area contributed by atoms with Gasteiger partial charge in [0.1, 0.15) is 0 Å². The van der Waals surface area contributed by atoms with Crippen LogP contribution in [0.5, 0.6) is 28.7 Å². The van der Waals surface area contributed by atoms with Crippen LogP contribution in [0.25, 0.3) is 0 Å². The molecule has 0 saturated carbocycles. The topological polar surface area (TPSA) is 71.4 Å². The SMILES string of the molecule is COc1cc2c(cc1O)[C@@H](CCc1cc(OC)c(O)c(OC)c1)N(C)CC2. The number of fused-ring (bicyclic) bond motifs is 1. The van der Waals surface area contributed by atoms with Crippen LogP contribution in [-0.2, 0) is 12.8 Å². The number of likely N-dealkylation sites (N-methyl/N-ethyl adjacent to an activating group) is 1. The minimum atomic E-state index is 0.0147. The Morgan fingerprint density at radius 1 is 0.963 bits per heavy atom. The number of phenolic OH excluding ortho intramolecular Hbond substituents is 2. The number of methoxy groups -OCH3 is 3. The fourth-order valence-corrected chi connectivity index (χ4v) is 3.78. The van der Waals surface area contributed by atoms with Gasteiger partial charge < -0.3 is 24.4 Å². The second-order valence-electron chi connectivity index (χ2n) is 6.86. The van der Waals surface area contributed by atoms with Gasteiger partial charge in [-0.3, -0.25) is 4.90 Å². The quantitative estimate of drug-likeness (QED) is 0.810. The average molecular weight is 373 g/mol. The number of nitrogens with zero attached hydrogens (tertiary/aromatic N) is 1. The van der Waals surface area contributed by atoms with Gasteiger partial charge in [0.2, 0.25) is 5.75 Å². The molecule has 2 N–H and O–H groups in total. The normalized spacial score (nSPS) is 16.7. The summed E-state index contributed by atoms with van der Waals surface area (Å²) in [5.74, 6) is 1.52. The number of hydrogen-bond donors (Lipinski definition) is 2. The number of aryl methyl sites for hydroxylation is 1. The van der Waals surface area contributed by atoms with E-state index in [0.717, 1.165) is 36.9 Å². The Kier molecular flexibility index (Phi) is 5.65. The number of benzene rings is 2. The molecule has 6 nitrogen and oxygen atoms in total. The summed E-state index contributed by atoms with van der Waals surface area (Å²) >= 11 is 0. The highest BCUT2D eigenvalue weighted by Crippen LogP contribution is 2.40. The lowest BCUT2D eigenvalue weighted by Gasteiger charge is -2.35. The van der Waals surface area contributed by atoms with Crippen LogP contribution in [-0.4, -0.2) is 50.0 Å². The van der Waals surface area contributed by atoms with Crippen molar-refractivity contribution in [2.24, 2.45) is 0 Å². The maximum Gasteiger partial charge on any atom is 0.200 e. The minimum absolute atomic E-state index is 0.0147. The lowest BCUT2D eigenvalue weighted by atomic mass is 9.88. The van der Waals surface area contributed by atoms with Crippen molar-refractivity contribution in [3.8, 4) is 28.7 Å². The predicted molar refractivity (Wildman–Crippen MR) is 103 cm³/mol. The second kappa shape index (κ2) is 7.96. The van der Waals surface area contributed by atoms with Crippen LogP contribution in [0.3, 0.4) is 0 Å². The van der Waals surface area contributed by atoms with Gasteiger partial charge in [0.05, 0.1) is 21.3 Å². The zero-order valence-electron chi connectivity index (χ0n) is 16.3. The van der Waals surface area contributed by atoms with Gasteiger partial charge in [0.15, 0.2) is 23.0 Å². The summed E-state index contributed by atoms with van der Waals surface area (Å²) in [4.78, 5) is 2.31. The summed E-state index contributed by atoms with van der Waals surface area (Å²) in [6, 6.07) is 7.64. The molecule has 0 saturated heterocycles. The minimum Gasteiger partial charge on any atom is -0.504 e. The van der Waals surface area contributed by atoms with Crippen molar-refractivity contribution in [2.75, 3.05) is 34.9 Å². The molecule has 0 fully saturated rings. The van der Waals surface area contributed by atoms with E-state index in [4.69, 9.17) is 14.2 Å². The number of phenols is 2. The smallest absolute Gasteiger partial charge is 0.200 e. The summed E-state index contributed by atoms with van der Waals surface area (Å²) in [6.45, 7) is 0.952. The summed E-state index contributed by atoms with van der Waals surface area (Å²) in [5.41, 5.74) is 3.38. The summed E-state index contributed by atoms with van der Waals surface area (Å²) < 4.78 is 15.8. The van der Waals surface area contributed by atoms with Crippen molar-refractivity contribution in [1.82, 2.24) is 4.90 Å². The molecule has 0 spiro atoms. The summed E-state index contributed by atoms with van der Waals surface area (Å²) in [7, 11) is 6.73. The van der Waals surface area contributed by atoms with Crippen LogP contribution in [0.4, 0.5) is 0 Å². The van der Waals surface area contributed by atoms with Gasteiger partial charge in [-0.25, -0.2) is 0 Å². The van der Waals surface area contributed by atoms with Crippen LogP contribution in [0.2, 0.25) is 0 Å². The van der Waals surface area contributed by atoms with Crippen molar-refractivity contribution in [3.05, 3.63) is 41.0 Å². The van der Waals surface area contributed by atoms with Crippen LogP contribution in [0.1, 0.15) is 29.2 Å². The third-order valence-corrected chi connectivity index (χ3v) is 5.31. The van der Waals surface area contributed by atoms with Crippen LogP contribution >= 0.6 is 0 Å². The molecular formula is C21H27NO5. The van der Waals surface area contributed by atoms with E-state index in [0.29, 0.717) is 17.2 Å². The third-order valence-electron chi connectivity index (χ3n) is 5.31. The van der Waals surface area contributed by atoms with Crippen LogP contribution in [0, 0.1) is 0 Å². The van der Waals surface area contributed by atoms with E-state index in [2.05, 4.69) is 11.9 Å². The zero-order chi connectivity index (χ0) is 19.6. The van der Waals surface area contributed by atoms with Gasteiger partial charge in [-0.2, -0.15) is 0 Å². The highest BCUT2D eigenvalue weighted by molar-refractivity contribution is 5.53. The van der Waals surface area contributed by atoms with Gasteiger partial charge in [-0.05, 0) is 67.3 Å². The molecule has 0 aromatic heterocycles. The fraction of sp³-hybridized carbons (Fsp3) is 0.429. The number of rotatable bonds is 6. The van der Waals surface area contributed by atoms with Gasteiger partial charge in [0, 0.05) is 12.6 Å². The lowest BCUT2D eigenvalue weighted by molar-refractivity contribution is 0.218. The molecule has 0 unspecified atom stereocenters. The zero-order valence-corrected chi connectivity index (χ0v) is 16.3. The molecule has 1 aliphatic heterocycles. The first-order chi connectivity index (χ1) is 13.0. The molecule has 1 aliphatic rings. The molecule has 0 amide bonds. The van der Waals surface area contributed by atoms with Gasteiger partial charge in [-0.15, -0.1) is 0 Å². The third kappa shape index (κ3) is 3.76. The number of aromatic hydroxyl groups is 2. The van der Waals surface area contributed by atoms with E-state index in [1.165, 1.54) is 19.8 Å². The molecule has 2 aromatic rings. The molecule has 6 heteroatoms. The Balaban J connectivity index is 1.86. The number of hydrogen-bond acceptors (Lipinski definition) is 6. The summed E-state index contributed by atoms with van der Waals surface area (Å²) in [5, 5.41) is 20.3. The van der Waals surface area contributed by atoms with E-state index >= 15 is 0 Å². The first kappa shape index (κ1) is 19.2. The van der Waals surface area contributed by atoms with Crippen molar-refractivity contribution < 1.29 is 24.4 Å². The molecule has 1 heterocycles. The first-order valence-corrected chi connectivity index (χ1v) is 9.02. The molecule has 1 atom stereocenters. The van der Waals surface area contributed by atoms with Crippen molar-refractivity contribution in [1.29, 1.82) is 0 Å². The van der Waals surface area contributed by atoms with Gasteiger partial charge in [-0.1, -0.05) is 0 Å². The molecule has 0 radical (unpaired) electrons. The first-order valence-electron chi connectivity index (χ1n) is 9.02. The molecule has 146 valence electrons. The maximum absolute atomic E-state index is 10.2. The summed E-state index contributed by atoms with van der Waals surface area (Å²) in [6.07, 6.45) is 2.58. The fourth-order valence-electron chi connectivity index (χ4n) is 3.78. The Morgan fingerprint density at radius 3 is 2.19 bits per heavy atom. The molecule has 27 heavy (non-hydrogen) atoms. The molecule has 3 rings (SSSR count). The molecule has 2 aromatic carbocycles. The Hall–Kier alpha value is -2.60.